The van der Waals surface area contributed by atoms with Crippen LogP contribution in [0.15, 0.2) is 18.2 Å². The third kappa shape index (κ3) is 1.70. The first-order valence-electron chi connectivity index (χ1n) is 7.05. The zero-order chi connectivity index (χ0) is 13.0. The Hall–Kier alpha value is -1.13. The van der Waals surface area contributed by atoms with Gasteiger partial charge in [0.2, 0.25) is 0 Å². The Labute approximate surface area is 112 Å². The van der Waals surface area contributed by atoms with Crippen LogP contribution in [0.3, 0.4) is 0 Å². The standard InChI is InChI=1S/C15H18FNO2/c16-11-1-2-14-12(7-11)13(18)8-15(19-14)4-6-17-5-3-10(15)9-17/h1-2,7,10,13,18H,3-6,8-9H2/t10?,13-,15?/m0/s1. The molecule has 3 aliphatic rings. The van der Waals surface area contributed by atoms with Crippen molar-refractivity contribution in [3.63, 3.8) is 0 Å². The summed E-state index contributed by atoms with van der Waals surface area (Å²) in [5, 5.41) is 10.4. The first-order chi connectivity index (χ1) is 9.16. The molecule has 1 aromatic carbocycles. The largest absolute Gasteiger partial charge is 0.486 e. The highest BCUT2D eigenvalue weighted by atomic mass is 19.1. The van der Waals surface area contributed by atoms with Crippen molar-refractivity contribution in [3.8, 4) is 5.75 Å². The lowest BCUT2D eigenvalue weighted by atomic mass is 9.75. The molecule has 1 aromatic rings. The zero-order valence-electron chi connectivity index (χ0n) is 10.8. The van der Waals surface area contributed by atoms with E-state index in [4.69, 9.17) is 4.74 Å². The quantitative estimate of drug-likeness (QED) is 0.778. The van der Waals surface area contributed by atoms with Gasteiger partial charge in [-0.3, -0.25) is 0 Å². The molecule has 0 aliphatic carbocycles. The summed E-state index contributed by atoms with van der Waals surface area (Å²) in [5.74, 6) is 0.850. The molecule has 2 fully saturated rings. The number of piperidine rings is 1. The van der Waals surface area contributed by atoms with E-state index in [2.05, 4.69) is 4.90 Å². The Balaban J connectivity index is 1.72. The van der Waals surface area contributed by atoms with Crippen molar-refractivity contribution in [1.29, 1.82) is 0 Å². The number of nitrogens with zero attached hydrogens (tertiary/aromatic N) is 1. The summed E-state index contributed by atoms with van der Waals surface area (Å²) in [6.45, 7) is 3.26. The maximum Gasteiger partial charge on any atom is 0.126 e. The van der Waals surface area contributed by atoms with E-state index < -0.39 is 6.10 Å². The van der Waals surface area contributed by atoms with Crippen LogP contribution in [0.2, 0.25) is 0 Å². The molecule has 2 bridgehead atoms. The van der Waals surface area contributed by atoms with Crippen LogP contribution in [0.25, 0.3) is 0 Å². The molecule has 2 saturated heterocycles. The molecule has 4 heteroatoms. The molecule has 1 spiro atoms. The second-order valence-electron chi connectivity index (χ2n) is 6.11. The van der Waals surface area contributed by atoms with Crippen molar-refractivity contribution in [3.05, 3.63) is 29.6 Å². The molecule has 3 aliphatic heterocycles. The summed E-state index contributed by atoms with van der Waals surface area (Å²) >= 11 is 0. The van der Waals surface area contributed by atoms with Crippen molar-refractivity contribution in [1.82, 2.24) is 4.90 Å². The van der Waals surface area contributed by atoms with Gasteiger partial charge in [0.25, 0.3) is 0 Å². The highest BCUT2D eigenvalue weighted by Gasteiger charge is 2.51. The highest BCUT2D eigenvalue weighted by Crippen LogP contribution is 2.49. The lowest BCUT2D eigenvalue weighted by Crippen LogP contribution is -2.53. The SMILES string of the molecule is O[C@H]1CC2(CCN3CCC2C3)Oc2ccc(F)cc21. The molecule has 0 amide bonds. The number of aliphatic hydroxyl groups excluding tert-OH is 1. The average Bonchev–Trinajstić information content (AvgIpc) is 2.81. The van der Waals surface area contributed by atoms with Crippen LogP contribution in [0.5, 0.6) is 5.75 Å². The van der Waals surface area contributed by atoms with Gasteiger partial charge in [-0.25, -0.2) is 4.39 Å². The summed E-state index contributed by atoms with van der Waals surface area (Å²) in [4.78, 5) is 2.46. The van der Waals surface area contributed by atoms with Crippen LogP contribution in [0.1, 0.15) is 30.9 Å². The first kappa shape index (κ1) is 11.7. The third-order valence-corrected chi connectivity index (χ3v) is 5.05. The predicted octanol–water partition coefficient (Wildman–Crippen LogP) is 2.11. The average molecular weight is 263 g/mol. The summed E-state index contributed by atoms with van der Waals surface area (Å²) in [6.07, 6.45) is 2.10. The van der Waals surface area contributed by atoms with Crippen LogP contribution < -0.4 is 4.74 Å². The summed E-state index contributed by atoms with van der Waals surface area (Å²) < 4.78 is 19.5. The lowest BCUT2D eigenvalue weighted by Gasteiger charge is -2.47. The lowest BCUT2D eigenvalue weighted by molar-refractivity contribution is -0.0737. The van der Waals surface area contributed by atoms with Crippen LogP contribution in [-0.4, -0.2) is 35.2 Å². The van der Waals surface area contributed by atoms with E-state index in [-0.39, 0.29) is 11.4 Å². The minimum Gasteiger partial charge on any atom is -0.486 e. The Kier molecular flexibility index (Phi) is 2.42. The van der Waals surface area contributed by atoms with Gasteiger partial charge in [-0.05, 0) is 31.2 Å². The van der Waals surface area contributed by atoms with E-state index >= 15 is 0 Å². The van der Waals surface area contributed by atoms with Gasteiger partial charge in [0, 0.05) is 37.4 Å². The normalized spacial score (nSPS) is 40.0. The van der Waals surface area contributed by atoms with Gasteiger partial charge in [-0.2, -0.15) is 0 Å². The van der Waals surface area contributed by atoms with E-state index in [0.29, 0.717) is 23.7 Å². The molecule has 4 atom stereocenters. The summed E-state index contributed by atoms with van der Waals surface area (Å²) in [6, 6.07) is 4.47. The fourth-order valence-corrected chi connectivity index (χ4v) is 3.99. The van der Waals surface area contributed by atoms with E-state index in [1.54, 1.807) is 6.07 Å². The zero-order valence-corrected chi connectivity index (χ0v) is 10.8. The molecule has 3 unspecified atom stereocenters. The molecule has 4 rings (SSSR count). The Bertz CT molecular complexity index is 521. The second kappa shape index (κ2) is 3.93. The Morgan fingerprint density at radius 1 is 1.37 bits per heavy atom. The van der Waals surface area contributed by atoms with Crippen molar-refractivity contribution in [2.75, 3.05) is 19.6 Å². The van der Waals surface area contributed by atoms with Gasteiger partial charge in [-0.15, -0.1) is 0 Å². The van der Waals surface area contributed by atoms with Crippen molar-refractivity contribution in [2.45, 2.75) is 31.0 Å². The number of hydrogen-bond acceptors (Lipinski definition) is 3. The molecule has 0 aromatic heterocycles. The van der Waals surface area contributed by atoms with Gasteiger partial charge < -0.3 is 14.7 Å². The van der Waals surface area contributed by atoms with E-state index in [0.717, 1.165) is 32.5 Å². The monoisotopic (exact) mass is 263 g/mol. The van der Waals surface area contributed by atoms with Gasteiger partial charge in [0.15, 0.2) is 0 Å². The van der Waals surface area contributed by atoms with Crippen LogP contribution in [0.4, 0.5) is 4.39 Å². The van der Waals surface area contributed by atoms with Gasteiger partial charge in [0.1, 0.15) is 17.2 Å². The minimum absolute atomic E-state index is 0.239. The summed E-state index contributed by atoms with van der Waals surface area (Å²) in [5.41, 5.74) is 0.364. The number of aliphatic hydroxyl groups is 1. The number of halogens is 1. The number of rotatable bonds is 0. The number of ether oxygens (including phenoxy) is 1. The molecule has 0 saturated carbocycles. The molecular formula is C15H18FNO2. The maximum absolute atomic E-state index is 13.3. The second-order valence-corrected chi connectivity index (χ2v) is 6.11. The first-order valence-corrected chi connectivity index (χ1v) is 7.05. The van der Waals surface area contributed by atoms with Crippen molar-refractivity contribution >= 4 is 0 Å². The van der Waals surface area contributed by atoms with Gasteiger partial charge in [-0.1, -0.05) is 0 Å². The van der Waals surface area contributed by atoms with E-state index in [9.17, 15) is 9.50 Å². The third-order valence-electron chi connectivity index (χ3n) is 5.05. The molecule has 19 heavy (non-hydrogen) atoms. The van der Waals surface area contributed by atoms with Crippen molar-refractivity contribution in [2.24, 2.45) is 5.92 Å². The number of hydrogen-bond donors (Lipinski definition) is 1. The van der Waals surface area contributed by atoms with E-state index in [1.165, 1.54) is 12.1 Å². The van der Waals surface area contributed by atoms with Gasteiger partial charge >= 0.3 is 0 Å². The fourth-order valence-electron chi connectivity index (χ4n) is 3.99. The Morgan fingerprint density at radius 2 is 2.26 bits per heavy atom. The van der Waals surface area contributed by atoms with Crippen LogP contribution >= 0.6 is 0 Å². The topological polar surface area (TPSA) is 32.7 Å². The number of benzene rings is 1. The Morgan fingerprint density at radius 3 is 3.16 bits per heavy atom. The van der Waals surface area contributed by atoms with Crippen LogP contribution in [0, 0.1) is 11.7 Å². The minimum atomic E-state index is -0.605. The van der Waals surface area contributed by atoms with Crippen molar-refractivity contribution < 1.29 is 14.2 Å². The molecule has 3 heterocycles. The maximum atomic E-state index is 13.3. The van der Waals surface area contributed by atoms with E-state index in [1.807, 2.05) is 0 Å². The highest BCUT2D eigenvalue weighted by molar-refractivity contribution is 5.39. The molecule has 3 nitrogen and oxygen atoms in total. The number of fused-ring (bicyclic) bond motifs is 4. The molecular weight excluding hydrogens is 245 g/mol. The van der Waals surface area contributed by atoms with Gasteiger partial charge in [0.05, 0.1) is 6.10 Å². The predicted molar refractivity (Wildman–Crippen MR) is 68.5 cm³/mol. The fraction of sp³-hybridized carbons (Fsp3) is 0.600. The molecule has 102 valence electrons. The van der Waals surface area contributed by atoms with Crippen LogP contribution in [-0.2, 0) is 0 Å². The molecule has 1 N–H and O–H groups in total. The molecule has 0 radical (unpaired) electrons. The summed E-state index contributed by atoms with van der Waals surface area (Å²) in [7, 11) is 0. The smallest absolute Gasteiger partial charge is 0.126 e.